The molecule has 0 saturated carbocycles. The third-order valence-electron chi connectivity index (χ3n) is 3.21. The van der Waals surface area contributed by atoms with E-state index in [4.69, 9.17) is 0 Å². The molecule has 5 nitrogen and oxygen atoms in total. The van der Waals surface area contributed by atoms with Crippen LogP contribution in [-0.2, 0) is 6.54 Å². The van der Waals surface area contributed by atoms with Gasteiger partial charge in [-0.3, -0.25) is 0 Å². The van der Waals surface area contributed by atoms with Crippen LogP contribution in [0.15, 0.2) is 12.1 Å². The lowest BCUT2D eigenvalue weighted by atomic mass is 10.1. The van der Waals surface area contributed by atoms with E-state index in [2.05, 4.69) is 20.8 Å². The standard InChI is InChI=1S/C13H18FN5/c1-8-5-11(6-9(2)12(8)14)7-19-13(10(3)15-4)16-17-18-19/h5-6,10,15H,7H2,1-4H3. The minimum Gasteiger partial charge on any atom is -0.311 e. The summed E-state index contributed by atoms with van der Waals surface area (Å²) in [4.78, 5) is 0. The van der Waals surface area contributed by atoms with Crippen LogP contribution >= 0.6 is 0 Å². The van der Waals surface area contributed by atoms with Crippen molar-refractivity contribution in [3.63, 3.8) is 0 Å². The first kappa shape index (κ1) is 13.6. The minimum atomic E-state index is -0.149. The third kappa shape index (κ3) is 2.78. The summed E-state index contributed by atoms with van der Waals surface area (Å²) >= 11 is 0. The number of hydrogen-bond acceptors (Lipinski definition) is 4. The Morgan fingerprint density at radius 3 is 2.53 bits per heavy atom. The summed E-state index contributed by atoms with van der Waals surface area (Å²) in [7, 11) is 1.86. The van der Waals surface area contributed by atoms with Crippen molar-refractivity contribution in [2.24, 2.45) is 0 Å². The molecule has 102 valence electrons. The molecule has 19 heavy (non-hydrogen) atoms. The van der Waals surface area contributed by atoms with E-state index in [-0.39, 0.29) is 11.9 Å². The normalized spacial score (nSPS) is 12.7. The van der Waals surface area contributed by atoms with Gasteiger partial charge in [-0.2, -0.15) is 0 Å². The van der Waals surface area contributed by atoms with Crippen LogP contribution in [0.5, 0.6) is 0 Å². The number of tetrazole rings is 1. The highest BCUT2D eigenvalue weighted by atomic mass is 19.1. The average Bonchev–Trinajstić information content (AvgIpc) is 2.83. The molecule has 0 bridgehead atoms. The van der Waals surface area contributed by atoms with Gasteiger partial charge in [-0.1, -0.05) is 12.1 Å². The lowest BCUT2D eigenvalue weighted by Gasteiger charge is -2.11. The van der Waals surface area contributed by atoms with Crippen molar-refractivity contribution >= 4 is 0 Å². The first-order chi connectivity index (χ1) is 9.02. The number of nitrogens with one attached hydrogen (secondary N) is 1. The van der Waals surface area contributed by atoms with Crippen molar-refractivity contribution < 1.29 is 4.39 Å². The Morgan fingerprint density at radius 1 is 1.32 bits per heavy atom. The molecule has 1 N–H and O–H groups in total. The molecule has 1 heterocycles. The molecule has 1 aromatic heterocycles. The molecule has 0 radical (unpaired) electrons. The van der Waals surface area contributed by atoms with Crippen LogP contribution in [0.25, 0.3) is 0 Å². The lowest BCUT2D eigenvalue weighted by Crippen LogP contribution is -2.19. The molecule has 1 unspecified atom stereocenters. The highest BCUT2D eigenvalue weighted by molar-refractivity contribution is 5.30. The summed E-state index contributed by atoms with van der Waals surface area (Å²) in [6, 6.07) is 3.73. The van der Waals surface area contributed by atoms with Gasteiger partial charge in [-0.25, -0.2) is 9.07 Å². The molecule has 0 aliphatic carbocycles. The summed E-state index contributed by atoms with van der Waals surface area (Å²) in [5.74, 6) is 0.617. The van der Waals surface area contributed by atoms with E-state index >= 15 is 0 Å². The zero-order valence-electron chi connectivity index (χ0n) is 11.6. The van der Waals surface area contributed by atoms with Gasteiger partial charge in [0, 0.05) is 0 Å². The maximum Gasteiger partial charge on any atom is 0.168 e. The van der Waals surface area contributed by atoms with Crippen LogP contribution in [0.4, 0.5) is 4.39 Å². The van der Waals surface area contributed by atoms with Gasteiger partial charge in [0.25, 0.3) is 0 Å². The van der Waals surface area contributed by atoms with E-state index in [9.17, 15) is 4.39 Å². The molecule has 1 aromatic carbocycles. The zero-order valence-corrected chi connectivity index (χ0v) is 11.6. The molecular weight excluding hydrogens is 245 g/mol. The van der Waals surface area contributed by atoms with Crippen LogP contribution in [0.2, 0.25) is 0 Å². The van der Waals surface area contributed by atoms with E-state index in [0.717, 1.165) is 11.4 Å². The number of rotatable bonds is 4. The number of nitrogens with zero attached hydrogens (tertiary/aromatic N) is 4. The highest BCUT2D eigenvalue weighted by Crippen LogP contribution is 2.16. The highest BCUT2D eigenvalue weighted by Gasteiger charge is 2.13. The maximum absolute atomic E-state index is 13.6. The summed E-state index contributed by atoms with van der Waals surface area (Å²) in [6.07, 6.45) is 0. The zero-order chi connectivity index (χ0) is 14.0. The predicted molar refractivity (Wildman–Crippen MR) is 70.3 cm³/mol. The second kappa shape index (κ2) is 5.44. The Labute approximate surface area is 111 Å². The van der Waals surface area contributed by atoms with Gasteiger partial charge in [0.05, 0.1) is 12.6 Å². The fourth-order valence-corrected chi connectivity index (χ4v) is 2.06. The van der Waals surface area contributed by atoms with E-state index in [1.54, 1.807) is 18.5 Å². The van der Waals surface area contributed by atoms with Crippen LogP contribution in [-0.4, -0.2) is 27.3 Å². The Kier molecular flexibility index (Phi) is 3.90. The second-order valence-corrected chi connectivity index (χ2v) is 4.75. The average molecular weight is 263 g/mol. The fourth-order valence-electron chi connectivity index (χ4n) is 2.06. The molecule has 0 aliphatic heterocycles. The Balaban J connectivity index is 2.29. The third-order valence-corrected chi connectivity index (χ3v) is 3.21. The molecule has 1 atom stereocenters. The van der Waals surface area contributed by atoms with Crippen LogP contribution in [0.3, 0.4) is 0 Å². The molecule has 0 amide bonds. The van der Waals surface area contributed by atoms with Crippen molar-refractivity contribution in [3.05, 3.63) is 40.5 Å². The number of halogens is 1. The fraction of sp³-hybridized carbons (Fsp3) is 0.462. The quantitative estimate of drug-likeness (QED) is 0.913. The Bertz CT molecular complexity index is 555. The number of aromatic nitrogens is 4. The number of benzene rings is 1. The summed E-state index contributed by atoms with van der Waals surface area (Å²) in [6.45, 7) is 6.06. The maximum atomic E-state index is 13.6. The molecule has 0 aliphatic rings. The molecule has 0 saturated heterocycles. The topological polar surface area (TPSA) is 55.6 Å². The largest absolute Gasteiger partial charge is 0.311 e. The number of hydrogen-bond donors (Lipinski definition) is 1. The van der Waals surface area contributed by atoms with Gasteiger partial charge in [0.1, 0.15) is 5.82 Å². The van der Waals surface area contributed by atoms with E-state index in [1.807, 2.05) is 26.1 Å². The van der Waals surface area contributed by atoms with Gasteiger partial charge in [0.15, 0.2) is 5.82 Å². The monoisotopic (exact) mass is 263 g/mol. The van der Waals surface area contributed by atoms with Crippen molar-refractivity contribution in [2.45, 2.75) is 33.4 Å². The smallest absolute Gasteiger partial charge is 0.168 e. The Morgan fingerprint density at radius 2 is 1.95 bits per heavy atom. The Hall–Kier alpha value is -1.82. The number of aryl methyl sites for hydroxylation is 2. The van der Waals surface area contributed by atoms with Gasteiger partial charge in [-0.15, -0.1) is 5.10 Å². The van der Waals surface area contributed by atoms with E-state index in [1.165, 1.54) is 0 Å². The van der Waals surface area contributed by atoms with Crippen molar-refractivity contribution in [3.8, 4) is 0 Å². The summed E-state index contributed by atoms with van der Waals surface area (Å²) < 4.78 is 15.3. The summed E-state index contributed by atoms with van der Waals surface area (Å²) in [5, 5.41) is 14.8. The lowest BCUT2D eigenvalue weighted by molar-refractivity contribution is 0.538. The van der Waals surface area contributed by atoms with E-state index < -0.39 is 0 Å². The van der Waals surface area contributed by atoms with Crippen LogP contribution in [0, 0.1) is 19.7 Å². The van der Waals surface area contributed by atoms with Crippen LogP contribution in [0.1, 0.15) is 35.5 Å². The van der Waals surface area contributed by atoms with Gasteiger partial charge >= 0.3 is 0 Å². The van der Waals surface area contributed by atoms with Gasteiger partial charge < -0.3 is 5.32 Å². The molecule has 0 spiro atoms. The predicted octanol–water partition coefficient (Wildman–Crippen LogP) is 1.76. The van der Waals surface area contributed by atoms with Crippen molar-refractivity contribution in [1.82, 2.24) is 25.5 Å². The van der Waals surface area contributed by atoms with E-state index in [0.29, 0.717) is 17.7 Å². The van der Waals surface area contributed by atoms with Gasteiger partial charge in [0.2, 0.25) is 0 Å². The molecule has 0 fully saturated rings. The first-order valence-corrected chi connectivity index (χ1v) is 6.22. The molecule has 6 heteroatoms. The minimum absolute atomic E-state index is 0.0673. The van der Waals surface area contributed by atoms with Crippen molar-refractivity contribution in [1.29, 1.82) is 0 Å². The molecular formula is C13H18FN5. The SMILES string of the molecule is CNC(C)c1nnnn1Cc1cc(C)c(F)c(C)c1. The van der Waals surface area contributed by atoms with Gasteiger partial charge in [-0.05, 0) is 54.9 Å². The van der Waals surface area contributed by atoms with Crippen molar-refractivity contribution in [2.75, 3.05) is 7.05 Å². The second-order valence-electron chi connectivity index (χ2n) is 4.75. The molecule has 2 rings (SSSR count). The first-order valence-electron chi connectivity index (χ1n) is 6.22. The summed E-state index contributed by atoms with van der Waals surface area (Å²) in [5.41, 5.74) is 2.28. The molecule has 2 aromatic rings. The van der Waals surface area contributed by atoms with Crippen LogP contribution < -0.4 is 5.32 Å².